The lowest BCUT2D eigenvalue weighted by molar-refractivity contribution is -0.122. The summed E-state index contributed by atoms with van der Waals surface area (Å²) in [7, 11) is 0. The highest BCUT2D eigenvalue weighted by molar-refractivity contribution is 8.18. The summed E-state index contributed by atoms with van der Waals surface area (Å²) in [5.74, 6) is -2.50. The lowest BCUT2D eigenvalue weighted by atomic mass is 10.2. The number of imide groups is 1. The van der Waals surface area contributed by atoms with Crippen molar-refractivity contribution in [3.8, 4) is 11.5 Å². The maximum absolute atomic E-state index is 13.4. The Morgan fingerprint density at radius 2 is 1.90 bits per heavy atom. The third-order valence-electron chi connectivity index (χ3n) is 4.44. The molecule has 0 saturated carbocycles. The summed E-state index contributed by atoms with van der Waals surface area (Å²) in [5, 5.41) is 1.69. The Hall–Kier alpha value is -3.11. The molecule has 0 unspecified atom stereocenters. The number of hydrogen-bond acceptors (Lipinski definition) is 6. The quantitative estimate of drug-likeness (QED) is 0.533. The second-order valence-corrected chi connectivity index (χ2v) is 7.85. The van der Waals surface area contributed by atoms with Gasteiger partial charge in [-0.15, -0.1) is 0 Å². The number of fused-ring (bicyclic) bond motifs is 1. The Labute approximate surface area is 183 Å². The van der Waals surface area contributed by atoms with Crippen molar-refractivity contribution in [3.05, 3.63) is 63.0 Å². The number of carbonyl (C=O) groups excluding carboxylic acids is 3. The molecule has 4 rings (SSSR count). The third-order valence-corrected chi connectivity index (χ3v) is 5.66. The van der Waals surface area contributed by atoms with E-state index in [1.807, 2.05) is 0 Å². The summed E-state index contributed by atoms with van der Waals surface area (Å²) in [6.07, 6.45) is 1.56. The van der Waals surface area contributed by atoms with Gasteiger partial charge in [-0.2, -0.15) is 0 Å². The van der Waals surface area contributed by atoms with Crippen molar-refractivity contribution in [1.29, 1.82) is 0 Å². The van der Waals surface area contributed by atoms with Crippen LogP contribution in [0.15, 0.2) is 35.2 Å². The molecule has 1 N–H and O–H groups in total. The zero-order chi connectivity index (χ0) is 22.1. The van der Waals surface area contributed by atoms with Gasteiger partial charge in [-0.25, -0.2) is 8.78 Å². The Balaban J connectivity index is 1.38. The Bertz CT molecular complexity index is 1140. The second kappa shape index (κ2) is 8.56. The molecule has 0 radical (unpaired) electrons. The molecule has 2 aromatic carbocycles. The van der Waals surface area contributed by atoms with E-state index >= 15 is 0 Å². The zero-order valence-corrected chi connectivity index (χ0v) is 17.2. The number of ether oxygens (including phenoxy) is 2. The summed E-state index contributed by atoms with van der Waals surface area (Å²) >= 11 is 6.54. The first-order chi connectivity index (χ1) is 14.8. The van der Waals surface area contributed by atoms with E-state index in [4.69, 9.17) is 21.1 Å². The molecule has 1 fully saturated rings. The molecule has 3 amide bonds. The SMILES string of the molecule is O=C(NCCN1C(=O)SC(=Cc2ccc3c(c2)OCO3)C1=O)c1cc(F)c(F)cc1Cl. The van der Waals surface area contributed by atoms with E-state index in [1.165, 1.54) is 0 Å². The fourth-order valence-electron chi connectivity index (χ4n) is 2.92. The van der Waals surface area contributed by atoms with Crippen LogP contribution in [0.4, 0.5) is 13.6 Å². The van der Waals surface area contributed by atoms with Gasteiger partial charge in [0.25, 0.3) is 17.1 Å². The topological polar surface area (TPSA) is 84.9 Å². The van der Waals surface area contributed by atoms with E-state index in [0.717, 1.165) is 16.7 Å². The van der Waals surface area contributed by atoms with Crippen LogP contribution in [0.3, 0.4) is 0 Å². The van der Waals surface area contributed by atoms with Gasteiger partial charge in [-0.3, -0.25) is 19.3 Å². The highest BCUT2D eigenvalue weighted by atomic mass is 35.5. The summed E-state index contributed by atoms with van der Waals surface area (Å²) in [6, 6.07) is 6.51. The number of nitrogens with zero attached hydrogens (tertiary/aromatic N) is 1. The predicted molar refractivity (Wildman–Crippen MR) is 109 cm³/mol. The van der Waals surface area contributed by atoms with Gasteiger partial charge in [-0.05, 0) is 47.7 Å². The summed E-state index contributed by atoms with van der Waals surface area (Å²) in [5.41, 5.74) is 0.411. The molecule has 7 nitrogen and oxygen atoms in total. The molecule has 2 aliphatic rings. The van der Waals surface area contributed by atoms with Crippen LogP contribution in [0.1, 0.15) is 15.9 Å². The summed E-state index contributed by atoms with van der Waals surface area (Å²) in [4.78, 5) is 38.1. The van der Waals surface area contributed by atoms with E-state index in [1.54, 1.807) is 24.3 Å². The van der Waals surface area contributed by atoms with Crippen molar-refractivity contribution in [1.82, 2.24) is 10.2 Å². The average Bonchev–Trinajstić information content (AvgIpc) is 3.30. The van der Waals surface area contributed by atoms with Crippen molar-refractivity contribution in [2.24, 2.45) is 0 Å². The number of thioether (sulfide) groups is 1. The second-order valence-electron chi connectivity index (χ2n) is 6.45. The number of hydrogen-bond donors (Lipinski definition) is 1. The summed E-state index contributed by atoms with van der Waals surface area (Å²) in [6.45, 7) is -0.0729. The van der Waals surface area contributed by atoms with E-state index < -0.39 is 28.7 Å². The number of rotatable bonds is 5. The standard InChI is InChI=1S/C20H13ClF2N2O5S/c21-12-8-14(23)13(22)7-11(12)18(26)24-3-4-25-19(27)17(31-20(25)28)6-10-1-2-15-16(5-10)30-9-29-15/h1-2,5-8H,3-4,9H2,(H,24,26). The van der Waals surface area contributed by atoms with E-state index in [9.17, 15) is 23.2 Å². The van der Waals surface area contributed by atoms with E-state index in [0.29, 0.717) is 29.2 Å². The van der Waals surface area contributed by atoms with Crippen molar-refractivity contribution in [2.45, 2.75) is 0 Å². The van der Waals surface area contributed by atoms with Gasteiger partial charge in [0.2, 0.25) is 6.79 Å². The Morgan fingerprint density at radius 1 is 1.16 bits per heavy atom. The molecule has 0 bridgehead atoms. The highest BCUT2D eigenvalue weighted by Crippen LogP contribution is 2.36. The molecule has 11 heteroatoms. The number of amides is 3. The van der Waals surface area contributed by atoms with E-state index in [-0.39, 0.29) is 35.4 Å². The van der Waals surface area contributed by atoms with Gasteiger partial charge in [0.05, 0.1) is 15.5 Å². The first-order valence-electron chi connectivity index (χ1n) is 8.91. The van der Waals surface area contributed by atoms with Crippen LogP contribution in [0.25, 0.3) is 6.08 Å². The molecule has 1 saturated heterocycles. The minimum absolute atomic E-state index is 0.0937. The zero-order valence-electron chi connectivity index (χ0n) is 15.6. The maximum Gasteiger partial charge on any atom is 0.293 e. The predicted octanol–water partition coefficient (Wildman–Crippen LogP) is 3.81. The van der Waals surface area contributed by atoms with Crippen molar-refractivity contribution < 1.29 is 32.6 Å². The maximum atomic E-state index is 13.4. The normalized spacial score (nSPS) is 16.4. The monoisotopic (exact) mass is 466 g/mol. The smallest absolute Gasteiger partial charge is 0.293 e. The highest BCUT2D eigenvalue weighted by Gasteiger charge is 2.34. The van der Waals surface area contributed by atoms with Crippen LogP contribution in [-0.2, 0) is 4.79 Å². The third kappa shape index (κ3) is 4.35. The molecule has 2 aromatic rings. The van der Waals surface area contributed by atoms with E-state index in [2.05, 4.69) is 5.32 Å². The number of benzene rings is 2. The fraction of sp³-hybridized carbons (Fsp3) is 0.150. The van der Waals surface area contributed by atoms with Gasteiger partial charge in [0.15, 0.2) is 23.1 Å². The van der Waals surface area contributed by atoms with Gasteiger partial charge < -0.3 is 14.8 Å². The van der Waals surface area contributed by atoms with Crippen LogP contribution in [0, 0.1) is 11.6 Å². The van der Waals surface area contributed by atoms with Crippen LogP contribution < -0.4 is 14.8 Å². The molecule has 0 spiro atoms. The van der Waals surface area contributed by atoms with Crippen LogP contribution in [-0.4, -0.2) is 41.8 Å². The van der Waals surface area contributed by atoms with Crippen molar-refractivity contribution >= 4 is 46.5 Å². The molecular weight excluding hydrogens is 454 g/mol. The molecule has 0 aromatic heterocycles. The molecule has 31 heavy (non-hydrogen) atoms. The fourth-order valence-corrected chi connectivity index (χ4v) is 4.02. The molecule has 0 atom stereocenters. The first-order valence-corrected chi connectivity index (χ1v) is 10.1. The summed E-state index contributed by atoms with van der Waals surface area (Å²) < 4.78 is 37.0. The average molecular weight is 467 g/mol. The number of nitrogens with one attached hydrogen (secondary N) is 1. The van der Waals surface area contributed by atoms with Crippen LogP contribution >= 0.6 is 23.4 Å². The minimum atomic E-state index is -1.21. The van der Waals surface area contributed by atoms with Gasteiger partial charge in [0.1, 0.15) is 0 Å². The lowest BCUT2D eigenvalue weighted by Crippen LogP contribution is -2.37. The molecule has 0 aliphatic carbocycles. The Kier molecular flexibility index (Phi) is 5.84. The Morgan fingerprint density at radius 3 is 2.71 bits per heavy atom. The van der Waals surface area contributed by atoms with Crippen molar-refractivity contribution in [2.75, 3.05) is 19.9 Å². The number of halogens is 3. The largest absolute Gasteiger partial charge is 0.454 e. The van der Waals surface area contributed by atoms with Gasteiger partial charge in [-0.1, -0.05) is 17.7 Å². The first kappa shape index (κ1) is 21.1. The van der Waals surface area contributed by atoms with Crippen LogP contribution in [0.5, 0.6) is 11.5 Å². The van der Waals surface area contributed by atoms with Crippen molar-refractivity contribution in [3.63, 3.8) is 0 Å². The van der Waals surface area contributed by atoms with Gasteiger partial charge >= 0.3 is 0 Å². The molecule has 2 aliphatic heterocycles. The molecular formula is C20H13ClF2N2O5S. The van der Waals surface area contributed by atoms with Crippen LogP contribution in [0.2, 0.25) is 5.02 Å². The minimum Gasteiger partial charge on any atom is -0.454 e. The molecule has 2 heterocycles. The van der Waals surface area contributed by atoms with Gasteiger partial charge in [0, 0.05) is 13.1 Å². The lowest BCUT2D eigenvalue weighted by Gasteiger charge is -2.13. The number of carbonyl (C=O) groups is 3. The molecule has 160 valence electrons.